The molecule has 2 aromatic carbocycles. The van der Waals surface area contributed by atoms with Crippen molar-refractivity contribution in [1.29, 1.82) is 0 Å². The number of nitrogens with zero attached hydrogens (tertiary/aromatic N) is 1. The standard InChI is InChI=1S/C22H27NO2/c1-14-10-18(11-15(2)20(14)24)22(6-8-23(5)9-7-22)19-12-16(3)21(25)17(4)13-19/h8,10-13H,6-7,9H2,1-5H3,(H-,24,25)/p+1. The largest absolute Gasteiger partial charge is 0.507 e. The van der Waals surface area contributed by atoms with Gasteiger partial charge in [-0.3, -0.25) is 0 Å². The van der Waals surface area contributed by atoms with Crippen LogP contribution in [0.1, 0.15) is 46.2 Å². The molecule has 0 amide bonds. The number of aromatic hydroxyl groups is 2. The van der Waals surface area contributed by atoms with Crippen LogP contribution in [0, 0.1) is 27.7 Å². The molecule has 0 radical (unpaired) electrons. The predicted octanol–water partition coefficient (Wildman–Crippen LogP) is 4.12. The fourth-order valence-corrected chi connectivity index (χ4v) is 4.03. The molecule has 132 valence electrons. The summed E-state index contributed by atoms with van der Waals surface area (Å²) in [5.41, 5.74) is 6.03. The Morgan fingerprint density at radius 1 is 0.800 bits per heavy atom. The van der Waals surface area contributed by atoms with E-state index in [2.05, 4.69) is 42.1 Å². The molecule has 1 heterocycles. The van der Waals surface area contributed by atoms with Crippen molar-refractivity contribution in [2.75, 3.05) is 13.6 Å². The van der Waals surface area contributed by atoms with Crippen molar-refractivity contribution in [3.63, 3.8) is 0 Å². The zero-order valence-electron chi connectivity index (χ0n) is 15.8. The van der Waals surface area contributed by atoms with Gasteiger partial charge in [0.15, 0.2) is 0 Å². The van der Waals surface area contributed by atoms with Crippen LogP contribution < -0.4 is 0 Å². The van der Waals surface area contributed by atoms with E-state index in [1.165, 1.54) is 11.1 Å². The quantitative estimate of drug-likeness (QED) is 0.809. The second kappa shape index (κ2) is 6.21. The van der Waals surface area contributed by atoms with Crippen LogP contribution in [-0.4, -0.2) is 34.6 Å². The van der Waals surface area contributed by atoms with Crippen LogP contribution in [-0.2, 0) is 5.41 Å². The van der Waals surface area contributed by atoms with E-state index in [4.69, 9.17) is 0 Å². The summed E-state index contributed by atoms with van der Waals surface area (Å²) in [6.07, 6.45) is 4.18. The number of hydrogen-bond acceptors (Lipinski definition) is 2. The predicted molar refractivity (Wildman–Crippen MR) is 102 cm³/mol. The maximum Gasteiger partial charge on any atom is 0.143 e. The zero-order valence-corrected chi connectivity index (χ0v) is 15.8. The smallest absolute Gasteiger partial charge is 0.143 e. The number of benzene rings is 2. The number of phenolic OH excluding ortho intramolecular Hbond substituents is 2. The molecule has 0 aromatic heterocycles. The van der Waals surface area contributed by atoms with Crippen molar-refractivity contribution in [1.82, 2.24) is 0 Å². The van der Waals surface area contributed by atoms with Crippen molar-refractivity contribution in [2.45, 2.75) is 46.0 Å². The van der Waals surface area contributed by atoms with Gasteiger partial charge in [0, 0.05) is 18.3 Å². The molecule has 0 saturated heterocycles. The first-order chi connectivity index (χ1) is 11.7. The highest BCUT2D eigenvalue weighted by Gasteiger charge is 2.39. The molecule has 0 spiro atoms. The Bertz CT molecular complexity index is 761. The van der Waals surface area contributed by atoms with Gasteiger partial charge in [0.25, 0.3) is 0 Å². The van der Waals surface area contributed by atoms with Crippen molar-refractivity contribution >= 4 is 6.21 Å². The first kappa shape index (κ1) is 17.5. The molecule has 1 aliphatic rings. The average Bonchev–Trinajstić information content (AvgIpc) is 2.57. The molecule has 3 rings (SSSR count). The minimum Gasteiger partial charge on any atom is -0.507 e. The summed E-state index contributed by atoms with van der Waals surface area (Å²) in [6, 6.07) is 8.50. The van der Waals surface area contributed by atoms with E-state index in [-0.39, 0.29) is 5.41 Å². The van der Waals surface area contributed by atoms with E-state index in [1.54, 1.807) is 0 Å². The topological polar surface area (TPSA) is 43.5 Å². The Morgan fingerprint density at radius 2 is 1.20 bits per heavy atom. The Hall–Kier alpha value is -2.29. The molecular formula is C22H28NO2+. The van der Waals surface area contributed by atoms with E-state index in [0.29, 0.717) is 11.5 Å². The summed E-state index contributed by atoms with van der Waals surface area (Å²) in [5, 5.41) is 20.4. The van der Waals surface area contributed by atoms with Gasteiger partial charge in [0.1, 0.15) is 31.3 Å². The lowest BCUT2D eigenvalue weighted by Gasteiger charge is -2.36. The molecule has 3 nitrogen and oxygen atoms in total. The van der Waals surface area contributed by atoms with Gasteiger partial charge in [-0.1, -0.05) is 24.3 Å². The number of aryl methyl sites for hydroxylation is 4. The average molecular weight is 338 g/mol. The van der Waals surface area contributed by atoms with Crippen LogP contribution in [0.15, 0.2) is 24.3 Å². The lowest BCUT2D eigenvalue weighted by atomic mass is 9.67. The molecule has 0 unspecified atom stereocenters. The lowest BCUT2D eigenvalue weighted by molar-refractivity contribution is -0.500. The molecular weight excluding hydrogens is 310 g/mol. The van der Waals surface area contributed by atoms with Gasteiger partial charge in [-0.2, -0.15) is 0 Å². The third-order valence-electron chi connectivity index (χ3n) is 5.73. The Kier molecular flexibility index (Phi) is 4.36. The van der Waals surface area contributed by atoms with Crippen LogP contribution in [0.2, 0.25) is 0 Å². The minimum atomic E-state index is -0.126. The van der Waals surface area contributed by atoms with Crippen LogP contribution in [0.4, 0.5) is 0 Å². The lowest BCUT2D eigenvalue weighted by Crippen LogP contribution is -2.37. The normalized spacial score (nSPS) is 16.6. The molecule has 3 heteroatoms. The molecule has 0 aliphatic carbocycles. The zero-order chi connectivity index (χ0) is 18.4. The highest BCUT2D eigenvalue weighted by Crippen LogP contribution is 2.43. The number of hydrogen-bond donors (Lipinski definition) is 2. The molecule has 0 bridgehead atoms. The summed E-state index contributed by atoms with van der Waals surface area (Å²) in [7, 11) is 2.12. The second-order valence-electron chi connectivity index (χ2n) is 7.62. The van der Waals surface area contributed by atoms with Gasteiger partial charge in [-0.15, -0.1) is 0 Å². The molecule has 0 atom stereocenters. The Labute approximate surface area is 150 Å². The van der Waals surface area contributed by atoms with Crippen LogP contribution in [0.5, 0.6) is 11.5 Å². The van der Waals surface area contributed by atoms with Crippen LogP contribution >= 0.6 is 0 Å². The maximum absolute atomic E-state index is 10.2. The van der Waals surface area contributed by atoms with Crippen LogP contribution in [0.3, 0.4) is 0 Å². The first-order valence-corrected chi connectivity index (χ1v) is 8.89. The SMILES string of the molecule is Cc1cc(C2(c3cc(C)c(O)c(C)c3)CC=[N+](C)CC2)cc(C)c1O. The van der Waals surface area contributed by atoms with E-state index in [1.807, 2.05) is 27.7 Å². The Balaban J connectivity index is 2.26. The molecule has 1 aliphatic heterocycles. The van der Waals surface area contributed by atoms with Gasteiger partial charge >= 0.3 is 0 Å². The summed E-state index contributed by atoms with van der Waals surface area (Å²) in [4.78, 5) is 0. The van der Waals surface area contributed by atoms with Crippen molar-refractivity contribution in [3.05, 3.63) is 57.6 Å². The van der Waals surface area contributed by atoms with Gasteiger partial charge in [-0.25, -0.2) is 4.58 Å². The molecule has 0 saturated carbocycles. The maximum atomic E-state index is 10.2. The third-order valence-corrected chi connectivity index (χ3v) is 5.73. The fraction of sp³-hybridized carbons (Fsp3) is 0.409. The van der Waals surface area contributed by atoms with Gasteiger partial charge in [0.05, 0.1) is 0 Å². The summed E-state index contributed by atoms with van der Waals surface area (Å²) in [5.74, 6) is 0.766. The fourth-order valence-electron chi connectivity index (χ4n) is 4.03. The third kappa shape index (κ3) is 2.92. The highest BCUT2D eigenvalue weighted by atomic mass is 16.3. The molecule has 25 heavy (non-hydrogen) atoms. The van der Waals surface area contributed by atoms with E-state index in [0.717, 1.165) is 41.6 Å². The van der Waals surface area contributed by atoms with E-state index < -0.39 is 0 Å². The number of rotatable bonds is 2. The van der Waals surface area contributed by atoms with Crippen molar-refractivity contribution in [3.8, 4) is 11.5 Å². The first-order valence-electron chi connectivity index (χ1n) is 8.89. The van der Waals surface area contributed by atoms with Gasteiger partial charge in [0.2, 0.25) is 0 Å². The number of phenols is 2. The van der Waals surface area contributed by atoms with Gasteiger partial charge in [-0.05, 0) is 61.1 Å². The highest BCUT2D eigenvalue weighted by molar-refractivity contribution is 5.62. The molecule has 2 N–H and O–H groups in total. The summed E-state index contributed by atoms with van der Waals surface area (Å²) >= 11 is 0. The van der Waals surface area contributed by atoms with E-state index in [9.17, 15) is 10.2 Å². The van der Waals surface area contributed by atoms with Crippen molar-refractivity contribution < 1.29 is 14.8 Å². The second-order valence-corrected chi connectivity index (χ2v) is 7.62. The van der Waals surface area contributed by atoms with Crippen molar-refractivity contribution in [2.24, 2.45) is 0 Å². The summed E-state index contributed by atoms with van der Waals surface area (Å²) in [6.45, 7) is 8.84. The summed E-state index contributed by atoms with van der Waals surface area (Å²) < 4.78 is 2.25. The van der Waals surface area contributed by atoms with Gasteiger partial charge < -0.3 is 10.2 Å². The minimum absolute atomic E-state index is 0.126. The van der Waals surface area contributed by atoms with E-state index >= 15 is 0 Å². The van der Waals surface area contributed by atoms with Crippen LogP contribution in [0.25, 0.3) is 0 Å². The molecule has 0 fully saturated rings. The molecule has 2 aromatic rings. The Morgan fingerprint density at radius 3 is 1.52 bits per heavy atom. The monoisotopic (exact) mass is 338 g/mol.